The van der Waals surface area contributed by atoms with Gasteiger partial charge in [0.05, 0.1) is 0 Å². The summed E-state index contributed by atoms with van der Waals surface area (Å²) in [5.74, 6) is -1.32. The molecule has 1 saturated heterocycles. The van der Waals surface area contributed by atoms with Gasteiger partial charge in [-0.05, 0) is 6.07 Å². The Hall–Kier alpha value is -1.34. The van der Waals surface area contributed by atoms with Crippen LogP contribution in [0.25, 0.3) is 0 Å². The van der Waals surface area contributed by atoms with Crippen LogP contribution in [0.1, 0.15) is 24.9 Å². The van der Waals surface area contributed by atoms with Crippen LogP contribution < -0.4 is 0 Å². The van der Waals surface area contributed by atoms with E-state index in [0.717, 1.165) is 11.8 Å². The fraction of sp³-hybridized carbons (Fsp3) is 0.357. The van der Waals surface area contributed by atoms with Crippen LogP contribution in [0.4, 0.5) is 0 Å². The first-order chi connectivity index (χ1) is 9.90. The van der Waals surface area contributed by atoms with E-state index in [1.165, 1.54) is 11.8 Å². The number of hydrogen-bond acceptors (Lipinski definition) is 4. The van der Waals surface area contributed by atoms with Crippen molar-refractivity contribution in [3.05, 3.63) is 34.3 Å². The fourth-order valence-corrected chi connectivity index (χ4v) is 3.82. The Balaban J connectivity index is 2.28. The van der Waals surface area contributed by atoms with Gasteiger partial charge in [0.25, 0.3) is 0 Å². The minimum Gasteiger partial charge on any atom is -0.479 e. The van der Waals surface area contributed by atoms with Crippen molar-refractivity contribution in [2.75, 3.05) is 6.54 Å². The Morgan fingerprint density at radius 2 is 2.10 bits per heavy atom. The van der Waals surface area contributed by atoms with Crippen molar-refractivity contribution >= 4 is 44.7 Å². The number of aliphatic carboxylic acids is 1. The molecule has 1 N–H and O–H groups in total. The topological polar surface area (TPSA) is 74.7 Å². The van der Waals surface area contributed by atoms with E-state index >= 15 is 0 Å². The van der Waals surface area contributed by atoms with E-state index in [2.05, 4.69) is 15.9 Å². The van der Waals surface area contributed by atoms with Crippen molar-refractivity contribution in [1.82, 2.24) is 4.90 Å². The molecule has 1 aliphatic heterocycles. The molecule has 0 aromatic heterocycles. The highest BCUT2D eigenvalue weighted by Gasteiger charge is 2.39. The summed E-state index contributed by atoms with van der Waals surface area (Å²) in [5, 5.41) is 9.26. The third kappa shape index (κ3) is 3.65. The lowest BCUT2D eigenvalue weighted by molar-refractivity contribution is -0.148. The Morgan fingerprint density at radius 3 is 2.67 bits per heavy atom. The number of rotatable bonds is 4. The van der Waals surface area contributed by atoms with E-state index in [0.29, 0.717) is 10.0 Å². The van der Waals surface area contributed by atoms with Crippen molar-refractivity contribution in [1.29, 1.82) is 0 Å². The normalized spacial score (nSPS) is 19.6. The second-order valence-corrected chi connectivity index (χ2v) is 7.08. The molecule has 0 aliphatic carbocycles. The molecule has 112 valence electrons. The summed E-state index contributed by atoms with van der Waals surface area (Å²) in [5.41, 5.74) is 0.534. The SMILES string of the molecule is CC(=O)SC1CC(=O)N(C(C(=O)O)c2ccccc2Br)C1. The summed E-state index contributed by atoms with van der Waals surface area (Å²) in [7, 11) is 0. The van der Waals surface area contributed by atoms with Crippen molar-refractivity contribution < 1.29 is 19.5 Å². The Bertz CT molecular complexity index is 592. The van der Waals surface area contributed by atoms with Gasteiger partial charge in [-0.3, -0.25) is 9.59 Å². The van der Waals surface area contributed by atoms with Crippen molar-refractivity contribution in [3.63, 3.8) is 0 Å². The molecule has 1 aliphatic rings. The Morgan fingerprint density at radius 1 is 1.43 bits per heavy atom. The predicted molar refractivity (Wildman–Crippen MR) is 82.9 cm³/mol. The van der Waals surface area contributed by atoms with E-state index < -0.39 is 12.0 Å². The molecule has 2 rings (SSSR count). The average molecular weight is 372 g/mol. The first-order valence-corrected chi connectivity index (χ1v) is 8.01. The molecule has 21 heavy (non-hydrogen) atoms. The zero-order chi connectivity index (χ0) is 15.6. The number of carboxylic acids is 1. The van der Waals surface area contributed by atoms with Gasteiger partial charge in [-0.25, -0.2) is 4.79 Å². The van der Waals surface area contributed by atoms with Crippen LogP contribution in [-0.4, -0.2) is 38.8 Å². The van der Waals surface area contributed by atoms with E-state index in [4.69, 9.17) is 0 Å². The van der Waals surface area contributed by atoms with Gasteiger partial charge in [-0.15, -0.1) is 0 Å². The summed E-state index contributed by atoms with van der Waals surface area (Å²) in [6.07, 6.45) is 0.193. The Kier molecular flexibility index (Phi) is 5.05. The van der Waals surface area contributed by atoms with Crippen LogP contribution in [0.3, 0.4) is 0 Å². The van der Waals surface area contributed by atoms with Crippen LogP contribution in [-0.2, 0) is 14.4 Å². The first kappa shape index (κ1) is 16.0. The van der Waals surface area contributed by atoms with E-state index in [1.807, 2.05) is 0 Å². The lowest BCUT2D eigenvalue weighted by atomic mass is 10.1. The van der Waals surface area contributed by atoms with Gasteiger partial charge in [0.1, 0.15) is 0 Å². The highest BCUT2D eigenvalue weighted by molar-refractivity contribution is 9.10. The maximum Gasteiger partial charge on any atom is 0.331 e. The fourth-order valence-electron chi connectivity index (χ4n) is 2.39. The van der Waals surface area contributed by atoms with Gasteiger partial charge in [-0.1, -0.05) is 45.9 Å². The molecule has 0 bridgehead atoms. The maximum absolute atomic E-state index is 12.1. The minimum absolute atomic E-state index is 0.0672. The number of carboxylic acid groups (broad SMARTS) is 1. The third-order valence-corrected chi connectivity index (χ3v) is 4.90. The van der Waals surface area contributed by atoms with Crippen molar-refractivity contribution in [2.24, 2.45) is 0 Å². The summed E-state index contributed by atoms with van der Waals surface area (Å²) < 4.78 is 0.646. The van der Waals surface area contributed by atoms with Crippen LogP contribution in [0.15, 0.2) is 28.7 Å². The maximum atomic E-state index is 12.1. The second-order valence-electron chi connectivity index (χ2n) is 4.74. The number of halogens is 1. The number of amides is 1. The van der Waals surface area contributed by atoms with Crippen molar-refractivity contribution in [2.45, 2.75) is 24.6 Å². The molecule has 7 heteroatoms. The van der Waals surface area contributed by atoms with Crippen LogP contribution in [0.2, 0.25) is 0 Å². The lowest BCUT2D eigenvalue weighted by Crippen LogP contribution is -2.35. The Labute approximate surface area is 134 Å². The van der Waals surface area contributed by atoms with Crippen LogP contribution >= 0.6 is 27.7 Å². The molecule has 0 spiro atoms. The van der Waals surface area contributed by atoms with Gasteiger partial charge in [-0.2, -0.15) is 0 Å². The molecule has 2 atom stereocenters. The number of hydrogen-bond donors (Lipinski definition) is 1. The molecular weight excluding hydrogens is 358 g/mol. The lowest BCUT2D eigenvalue weighted by Gasteiger charge is -2.25. The van der Waals surface area contributed by atoms with Gasteiger partial charge in [0.15, 0.2) is 11.2 Å². The number of carbonyl (C=O) groups is 3. The molecule has 1 aromatic rings. The zero-order valence-electron chi connectivity index (χ0n) is 11.3. The predicted octanol–water partition coefficient (Wildman–Crippen LogP) is 2.46. The molecule has 5 nitrogen and oxygen atoms in total. The van der Waals surface area contributed by atoms with Crippen molar-refractivity contribution in [3.8, 4) is 0 Å². The molecule has 1 amide bonds. The molecule has 1 aromatic carbocycles. The largest absolute Gasteiger partial charge is 0.479 e. The van der Waals surface area contributed by atoms with Crippen LogP contribution in [0, 0.1) is 0 Å². The third-order valence-electron chi connectivity index (χ3n) is 3.20. The summed E-state index contributed by atoms with van der Waals surface area (Å²) in [6, 6.07) is 5.91. The molecule has 1 fully saturated rings. The smallest absolute Gasteiger partial charge is 0.331 e. The van der Waals surface area contributed by atoms with E-state index in [1.54, 1.807) is 24.3 Å². The number of carbonyl (C=O) groups excluding carboxylic acids is 2. The summed E-state index contributed by atoms with van der Waals surface area (Å²) >= 11 is 4.42. The standard InChI is InChI=1S/C14H14BrNO4S/c1-8(17)21-9-6-12(18)16(7-9)13(14(19)20)10-4-2-3-5-11(10)15/h2-5,9,13H,6-7H2,1H3,(H,19,20). The number of nitrogens with zero attached hydrogens (tertiary/aromatic N) is 1. The number of benzene rings is 1. The highest BCUT2D eigenvalue weighted by atomic mass is 79.9. The number of likely N-dealkylation sites (tertiary alicyclic amines) is 1. The van der Waals surface area contributed by atoms with E-state index in [-0.39, 0.29) is 29.2 Å². The summed E-state index contributed by atoms with van der Waals surface area (Å²) in [4.78, 5) is 36.2. The zero-order valence-corrected chi connectivity index (χ0v) is 13.7. The van der Waals surface area contributed by atoms with Crippen LogP contribution in [0.5, 0.6) is 0 Å². The second kappa shape index (κ2) is 6.62. The first-order valence-electron chi connectivity index (χ1n) is 6.34. The molecule has 0 saturated carbocycles. The molecule has 1 heterocycles. The van der Waals surface area contributed by atoms with Gasteiger partial charge in [0.2, 0.25) is 5.91 Å². The number of thioether (sulfide) groups is 1. The highest BCUT2D eigenvalue weighted by Crippen LogP contribution is 2.34. The molecule has 2 unspecified atom stereocenters. The molecular formula is C14H14BrNO4S. The van der Waals surface area contributed by atoms with Gasteiger partial charge in [0, 0.05) is 35.2 Å². The van der Waals surface area contributed by atoms with E-state index in [9.17, 15) is 19.5 Å². The monoisotopic (exact) mass is 371 g/mol. The average Bonchev–Trinajstić information content (AvgIpc) is 2.71. The summed E-state index contributed by atoms with van der Waals surface area (Å²) in [6.45, 7) is 1.71. The minimum atomic E-state index is -1.08. The molecule has 0 radical (unpaired) electrons. The van der Waals surface area contributed by atoms with Gasteiger partial charge < -0.3 is 10.0 Å². The van der Waals surface area contributed by atoms with Gasteiger partial charge >= 0.3 is 5.97 Å². The quantitative estimate of drug-likeness (QED) is 0.879.